The van der Waals surface area contributed by atoms with Crippen LogP contribution < -0.4 is 10.8 Å². The van der Waals surface area contributed by atoms with Crippen molar-refractivity contribution in [2.24, 2.45) is 0 Å². The first-order chi connectivity index (χ1) is 10.3. The van der Waals surface area contributed by atoms with Gasteiger partial charge in [0.05, 0.1) is 12.2 Å². The van der Waals surface area contributed by atoms with E-state index in [0.717, 1.165) is 0 Å². The summed E-state index contributed by atoms with van der Waals surface area (Å²) in [6, 6.07) is 6.66. The number of hydrogen-bond acceptors (Lipinski definition) is 6. The number of rotatable bonds is 6. The molecule has 122 valence electrons. The molecule has 1 aliphatic heterocycles. The van der Waals surface area contributed by atoms with Crippen LogP contribution in [0.5, 0.6) is 0 Å². The minimum absolute atomic E-state index is 0.326. The van der Waals surface area contributed by atoms with E-state index in [2.05, 4.69) is 5.32 Å². The predicted molar refractivity (Wildman–Crippen MR) is 81.7 cm³/mol. The molecule has 0 saturated heterocycles. The number of anilines is 1. The third-order valence-electron chi connectivity index (χ3n) is 3.17. The van der Waals surface area contributed by atoms with Gasteiger partial charge in [0.15, 0.2) is 0 Å². The molecular formula is C14H21N2O5P. The average molecular weight is 328 g/mol. The van der Waals surface area contributed by atoms with Crippen LogP contribution in [0.25, 0.3) is 0 Å². The van der Waals surface area contributed by atoms with Gasteiger partial charge < -0.3 is 19.6 Å². The van der Waals surface area contributed by atoms with Gasteiger partial charge in [-0.1, -0.05) is 18.2 Å². The summed E-state index contributed by atoms with van der Waals surface area (Å²) in [6.45, 7) is 6.72. The van der Waals surface area contributed by atoms with Gasteiger partial charge in [-0.3, -0.25) is 9.36 Å². The second-order valence-corrected chi connectivity index (χ2v) is 7.72. The van der Waals surface area contributed by atoms with E-state index in [4.69, 9.17) is 9.05 Å². The normalized spacial score (nSPS) is 21.3. The lowest BCUT2D eigenvalue weighted by atomic mass is 10.1. The largest absolute Gasteiger partial charge is 0.367 e. The molecule has 1 amide bonds. The van der Waals surface area contributed by atoms with E-state index in [0.29, 0.717) is 11.3 Å². The Hall–Kier alpha value is -1.24. The highest BCUT2D eigenvalue weighted by molar-refractivity contribution is 7.56. The standard InChI is InChI=1S/C14H21N2O5P/c1-9(2)20-22(19,21-10(3)4)14(16-18)11-7-5-6-8-12(11)15-13(14)17/h5-10,16,18H,1-4H3,(H,15,17). The number of carbonyl (C=O) groups excluding carboxylic acids is 1. The lowest BCUT2D eigenvalue weighted by Gasteiger charge is -2.35. The number of benzene rings is 1. The zero-order chi connectivity index (χ0) is 16.5. The molecule has 1 heterocycles. The molecule has 0 aliphatic carbocycles. The van der Waals surface area contributed by atoms with E-state index in [1.165, 1.54) is 0 Å². The molecule has 1 aliphatic rings. The molecule has 8 heteroatoms. The molecule has 1 aromatic rings. The Morgan fingerprint density at radius 2 is 1.73 bits per heavy atom. The fourth-order valence-corrected chi connectivity index (χ4v) is 4.82. The average Bonchev–Trinajstić information content (AvgIpc) is 2.69. The summed E-state index contributed by atoms with van der Waals surface area (Å²) < 4.78 is 24.4. The minimum Gasteiger partial charge on any atom is -0.323 e. The van der Waals surface area contributed by atoms with Crippen molar-refractivity contribution >= 4 is 19.2 Å². The lowest BCUT2D eigenvalue weighted by Crippen LogP contribution is -2.47. The molecule has 3 N–H and O–H groups in total. The molecular weight excluding hydrogens is 307 g/mol. The van der Waals surface area contributed by atoms with Crippen molar-refractivity contribution in [2.75, 3.05) is 5.32 Å². The van der Waals surface area contributed by atoms with Crippen molar-refractivity contribution in [2.45, 2.75) is 45.2 Å². The van der Waals surface area contributed by atoms with Crippen molar-refractivity contribution in [3.05, 3.63) is 29.8 Å². The van der Waals surface area contributed by atoms with Crippen LogP contribution >= 0.6 is 7.60 Å². The van der Waals surface area contributed by atoms with Gasteiger partial charge in [-0.25, -0.2) is 0 Å². The van der Waals surface area contributed by atoms with Crippen LogP contribution in [0.3, 0.4) is 0 Å². The molecule has 0 saturated carbocycles. The highest BCUT2D eigenvalue weighted by atomic mass is 31.2. The first-order valence-corrected chi connectivity index (χ1v) is 8.60. The molecule has 0 fully saturated rings. The summed E-state index contributed by atoms with van der Waals surface area (Å²) in [5.74, 6) is -0.680. The van der Waals surface area contributed by atoms with Crippen LogP contribution in [0.1, 0.15) is 33.3 Å². The van der Waals surface area contributed by atoms with Crippen LogP contribution in [0.15, 0.2) is 24.3 Å². The SMILES string of the molecule is CC(C)OP(=O)(OC(C)C)C1(NO)C(=O)Nc2ccccc21. The number of nitrogens with one attached hydrogen (secondary N) is 2. The van der Waals surface area contributed by atoms with Gasteiger partial charge in [0, 0.05) is 11.3 Å². The molecule has 0 spiro atoms. The van der Waals surface area contributed by atoms with Gasteiger partial charge in [0.2, 0.25) is 5.28 Å². The number of hydrogen-bond donors (Lipinski definition) is 3. The van der Waals surface area contributed by atoms with Crippen molar-refractivity contribution in [3.63, 3.8) is 0 Å². The maximum absolute atomic E-state index is 13.4. The maximum Gasteiger partial charge on any atom is 0.367 e. The van der Waals surface area contributed by atoms with Crippen molar-refractivity contribution in [1.82, 2.24) is 5.48 Å². The van der Waals surface area contributed by atoms with Gasteiger partial charge >= 0.3 is 7.60 Å². The van der Waals surface area contributed by atoms with E-state index >= 15 is 0 Å². The van der Waals surface area contributed by atoms with Crippen molar-refractivity contribution < 1.29 is 23.6 Å². The van der Waals surface area contributed by atoms with Crippen LogP contribution in [-0.2, 0) is 23.7 Å². The quantitative estimate of drug-likeness (QED) is 0.549. The summed E-state index contributed by atoms with van der Waals surface area (Å²) in [5, 5.41) is 10.4. The molecule has 1 aromatic carbocycles. The third kappa shape index (κ3) is 2.59. The topological polar surface area (TPSA) is 96.9 Å². The molecule has 1 unspecified atom stereocenters. The fraction of sp³-hybridized carbons (Fsp3) is 0.500. The highest BCUT2D eigenvalue weighted by Gasteiger charge is 2.63. The summed E-state index contributed by atoms with van der Waals surface area (Å²) in [5.41, 5.74) is 2.69. The van der Waals surface area contributed by atoms with Crippen LogP contribution in [0.4, 0.5) is 5.69 Å². The highest BCUT2D eigenvalue weighted by Crippen LogP contribution is 2.67. The molecule has 1 atom stereocenters. The van der Waals surface area contributed by atoms with E-state index in [1.54, 1.807) is 52.0 Å². The maximum atomic E-state index is 13.4. The Kier molecular flexibility index (Phi) is 4.75. The van der Waals surface area contributed by atoms with Crippen molar-refractivity contribution in [1.29, 1.82) is 0 Å². The summed E-state index contributed by atoms with van der Waals surface area (Å²) in [4.78, 5) is 12.5. The van der Waals surface area contributed by atoms with E-state index in [-0.39, 0.29) is 0 Å². The van der Waals surface area contributed by atoms with Gasteiger partial charge in [0.25, 0.3) is 5.91 Å². The zero-order valence-corrected chi connectivity index (χ0v) is 13.9. The zero-order valence-electron chi connectivity index (χ0n) is 13.0. The Morgan fingerprint density at radius 1 is 1.18 bits per heavy atom. The first kappa shape index (κ1) is 17.1. The number of fused-ring (bicyclic) bond motifs is 1. The number of amides is 1. The van der Waals surface area contributed by atoms with E-state index < -0.39 is 31.0 Å². The lowest BCUT2D eigenvalue weighted by molar-refractivity contribution is -0.123. The molecule has 0 bridgehead atoms. The first-order valence-electron chi connectivity index (χ1n) is 7.06. The fourth-order valence-electron chi connectivity index (χ4n) is 2.42. The van der Waals surface area contributed by atoms with Crippen LogP contribution in [-0.4, -0.2) is 23.3 Å². The monoisotopic (exact) mass is 328 g/mol. The van der Waals surface area contributed by atoms with Crippen LogP contribution in [0.2, 0.25) is 0 Å². The Balaban J connectivity index is 2.65. The number of carbonyl (C=O) groups is 1. The van der Waals surface area contributed by atoms with E-state index in [1.807, 2.05) is 5.48 Å². The molecule has 7 nitrogen and oxygen atoms in total. The minimum atomic E-state index is -4.07. The second kappa shape index (κ2) is 6.10. The second-order valence-electron chi connectivity index (χ2n) is 5.63. The van der Waals surface area contributed by atoms with Crippen molar-refractivity contribution in [3.8, 4) is 0 Å². The van der Waals surface area contributed by atoms with E-state index in [9.17, 15) is 14.6 Å². The van der Waals surface area contributed by atoms with Gasteiger partial charge in [-0.2, -0.15) is 5.48 Å². The van der Waals surface area contributed by atoms with Gasteiger partial charge in [0.1, 0.15) is 0 Å². The third-order valence-corrected chi connectivity index (χ3v) is 5.93. The predicted octanol–water partition coefficient (Wildman–Crippen LogP) is 2.81. The number of para-hydroxylation sites is 1. The summed E-state index contributed by atoms with van der Waals surface area (Å²) in [7, 11) is -4.07. The Morgan fingerprint density at radius 3 is 2.23 bits per heavy atom. The Labute approximate surface area is 129 Å². The van der Waals surface area contributed by atoms with Crippen LogP contribution in [0, 0.1) is 0 Å². The smallest absolute Gasteiger partial charge is 0.323 e. The molecule has 0 radical (unpaired) electrons. The molecule has 22 heavy (non-hydrogen) atoms. The summed E-state index contributed by atoms with van der Waals surface area (Å²) in [6.07, 6.45) is -0.925. The van der Waals surface area contributed by atoms with Gasteiger partial charge in [-0.15, -0.1) is 0 Å². The summed E-state index contributed by atoms with van der Waals surface area (Å²) >= 11 is 0. The van der Waals surface area contributed by atoms with Gasteiger partial charge in [-0.05, 0) is 33.8 Å². The molecule has 0 aromatic heterocycles. The molecule has 2 rings (SSSR count). The Bertz CT molecular complexity index is 605. The number of hydroxylamine groups is 1.